The monoisotopic (exact) mass is 377 g/mol. The third kappa shape index (κ3) is 4.36. The maximum Gasteiger partial charge on any atom is 0.256 e. The van der Waals surface area contributed by atoms with Crippen molar-refractivity contribution < 1.29 is 19.4 Å². The molecule has 0 spiro atoms. The number of rotatable bonds is 6. The molecule has 27 heavy (non-hydrogen) atoms. The van der Waals surface area contributed by atoms with Crippen LogP contribution in [-0.2, 0) is 11.3 Å². The number of likely N-dealkylation sites (tertiary alicyclic amines) is 2. The summed E-state index contributed by atoms with van der Waals surface area (Å²) in [4.78, 5) is 17.0. The molecule has 2 aliphatic heterocycles. The molecule has 2 aliphatic rings. The molecule has 1 atom stereocenters. The number of benzene rings is 1. The van der Waals surface area contributed by atoms with Gasteiger partial charge in [-0.2, -0.15) is 0 Å². The molecule has 1 amide bonds. The Morgan fingerprint density at radius 2 is 1.96 bits per heavy atom. The van der Waals surface area contributed by atoms with E-state index in [0.717, 1.165) is 37.9 Å². The van der Waals surface area contributed by atoms with Crippen molar-refractivity contribution >= 4 is 5.91 Å². The van der Waals surface area contributed by atoms with E-state index in [1.807, 2.05) is 18.2 Å². The van der Waals surface area contributed by atoms with Gasteiger partial charge in [-0.3, -0.25) is 9.69 Å². The Morgan fingerprint density at radius 1 is 1.22 bits per heavy atom. The van der Waals surface area contributed by atoms with E-state index in [1.54, 1.807) is 19.1 Å². The number of nitrogens with zero attached hydrogens (tertiary/aromatic N) is 2. The van der Waals surface area contributed by atoms with Gasteiger partial charge in [0.25, 0.3) is 5.91 Å². The summed E-state index contributed by atoms with van der Waals surface area (Å²) in [6, 6.07) is 5.87. The third-order valence-corrected chi connectivity index (χ3v) is 5.67. The lowest BCUT2D eigenvalue weighted by molar-refractivity contribution is -0.160. The smallest absolute Gasteiger partial charge is 0.256 e. The van der Waals surface area contributed by atoms with Crippen molar-refractivity contribution in [2.75, 3.05) is 40.4 Å². The molecule has 150 valence electrons. The number of aliphatic hydroxyl groups is 1. The predicted molar refractivity (Wildman–Crippen MR) is 103 cm³/mol. The molecule has 3 rings (SSSR count). The van der Waals surface area contributed by atoms with Gasteiger partial charge in [0, 0.05) is 31.2 Å². The second kappa shape index (κ2) is 8.46. The summed E-state index contributed by atoms with van der Waals surface area (Å²) in [5.74, 6) is 1.07. The number of nitrogens with two attached hydrogens (primary N) is 1. The van der Waals surface area contributed by atoms with Crippen LogP contribution >= 0.6 is 0 Å². The van der Waals surface area contributed by atoms with Crippen molar-refractivity contribution in [2.45, 2.75) is 43.9 Å². The van der Waals surface area contributed by atoms with Gasteiger partial charge in [0.2, 0.25) is 0 Å². The predicted octanol–water partition coefficient (Wildman–Crippen LogP) is 0.980. The van der Waals surface area contributed by atoms with Crippen molar-refractivity contribution in [3.05, 3.63) is 23.8 Å². The number of hydrogen-bond acceptors (Lipinski definition) is 6. The van der Waals surface area contributed by atoms with Gasteiger partial charge in [-0.1, -0.05) is 12.1 Å². The van der Waals surface area contributed by atoms with Gasteiger partial charge in [-0.15, -0.1) is 0 Å². The van der Waals surface area contributed by atoms with Crippen LogP contribution in [-0.4, -0.2) is 72.9 Å². The first-order chi connectivity index (χ1) is 13.0. The Bertz CT molecular complexity index is 661. The fourth-order valence-corrected chi connectivity index (χ4v) is 4.13. The van der Waals surface area contributed by atoms with Crippen LogP contribution in [0.25, 0.3) is 0 Å². The fourth-order valence-electron chi connectivity index (χ4n) is 4.13. The molecule has 7 nitrogen and oxygen atoms in total. The number of piperidine rings is 2. The molecule has 1 aromatic carbocycles. The number of para-hydroxylation sites is 1. The van der Waals surface area contributed by atoms with Gasteiger partial charge >= 0.3 is 0 Å². The van der Waals surface area contributed by atoms with E-state index in [9.17, 15) is 9.90 Å². The second-order valence-electron chi connectivity index (χ2n) is 7.63. The first-order valence-corrected chi connectivity index (χ1v) is 9.66. The number of carbonyl (C=O) groups is 1. The van der Waals surface area contributed by atoms with Crippen molar-refractivity contribution in [1.29, 1.82) is 0 Å². The fraction of sp³-hybridized carbons (Fsp3) is 0.650. The number of methoxy groups -OCH3 is 2. The van der Waals surface area contributed by atoms with Crippen molar-refractivity contribution in [3.63, 3.8) is 0 Å². The van der Waals surface area contributed by atoms with Crippen molar-refractivity contribution in [2.24, 2.45) is 5.73 Å². The summed E-state index contributed by atoms with van der Waals surface area (Å²) in [6.07, 6.45) is 3.10. The molecule has 0 bridgehead atoms. The molecule has 2 heterocycles. The van der Waals surface area contributed by atoms with E-state index < -0.39 is 5.60 Å². The highest BCUT2D eigenvalue weighted by atomic mass is 16.5. The minimum Gasteiger partial charge on any atom is -0.493 e. The number of carbonyl (C=O) groups excluding carboxylic acids is 1. The molecule has 7 heteroatoms. The van der Waals surface area contributed by atoms with Crippen molar-refractivity contribution in [3.8, 4) is 11.5 Å². The zero-order valence-electron chi connectivity index (χ0n) is 16.3. The number of ether oxygens (including phenoxy) is 2. The molecule has 0 radical (unpaired) electrons. The largest absolute Gasteiger partial charge is 0.493 e. The van der Waals surface area contributed by atoms with Gasteiger partial charge in [-0.05, 0) is 44.8 Å². The van der Waals surface area contributed by atoms with E-state index in [2.05, 4.69) is 4.90 Å². The maximum absolute atomic E-state index is 13.1. The number of amides is 1. The normalized spacial score (nSPS) is 24.9. The molecule has 1 aromatic rings. The highest BCUT2D eigenvalue weighted by molar-refractivity contribution is 5.86. The topological polar surface area (TPSA) is 88.3 Å². The zero-order chi connectivity index (χ0) is 19.4. The minimum absolute atomic E-state index is 0.200. The molecule has 0 saturated carbocycles. The molecule has 0 unspecified atom stereocenters. The Kier molecular flexibility index (Phi) is 6.24. The van der Waals surface area contributed by atoms with Crippen LogP contribution in [0.2, 0.25) is 0 Å². The first kappa shape index (κ1) is 19.9. The number of β-amino-alcohol motifs (C(OH)–C–C–N with tert-alkyl or cyclic N) is 1. The van der Waals surface area contributed by atoms with Crippen LogP contribution in [0.3, 0.4) is 0 Å². The quantitative estimate of drug-likeness (QED) is 0.768. The standard InChI is InChI=1S/C20H31N3O4/c1-26-17-6-3-5-15(18(17)27-2)13-23-10-4-9-20(25,19(23)24)14-22-11-7-16(21)8-12-22/h3,5-6,16,25H,4,7-14,21H2,1-2H3/t20-/m0/s1. The zero-order valence-corrected chi connectivity index (χ0v) is 16.3. The second-order valence-corrected chi connectivity index (χ2v) is 7.63. The molecule has 3 N–H and O–H groups in total. The summed E-state index contributed by atoms with van der Waals surface area (Å²) >= 11 is 0. The summed E-state index contributed by atoms with van der Waals surface area (Å²) in [7, 11) is 3.19. The van der Waals surface area contributed by atoms with Gasteiger partial charge in [0.1, 0.15) is 0 Å². The van der Waals surface area contributed by atoms with Crippen LogP contribution in [0.4, 0.5) is 0 Å². The van der Waals surface area contributed by atoms with Crippen LogP contribution in [0.5, 0.6) is 11.5 Å². The Morgan fingerprint density at radius 3 is 2.63 bits per heavy atom. The van der Waals surface area contributed by atoms with Gasteiger partial charge in [-0.25, -0.2) is 0 Å². The highest BCUT2D eigenvalue weighted by Crippen LogP contribution is 2.33. The summed E-state index contributed by atoms with van der Waals surface area (Å²) in [6.45, 7) is 3.07. The number of hydrogen-bond donors (Lipinski definition) is 2. The third-order valence-electron chi connectivity index (χ3n) is 5.67. The molecular formula is C20H31N3O4. The molecule has 2 fully saturated rings. The average Bonchev–Trinajstić information content (AvgIpc) is 2.67. The average molecular weight is 377 g/mol. The molecular weight excluding hydrogens is 346 g/mol. The maximum atomic E-state index is 13.1. The van der Waals surface area contributed by atoms with Crippen molar-refractivity contribution in [1.82, 2.24) is 9.80 Å². The lowest BCUT2D eigenvalue weighted by Gasteiger charge is -2.42. The Labute approximate surface area is 161 Å². The van der Waals surface area contributed by atoms with Crippen LogP contribution in [0, 0.1) is 0 Å². The summed E-state index contributed by atoms with van der Waals surface area (Å²) in [5, 5.41) is 11.1. The first-order valence-electron chi connectivity index (χ1n) is 9.66. The summed E-state index contributed by atoms with van der Waals surface area (Å²) in [5.41, 5.74) is 5.51. The van der Waals surface area contributed by atoms with Gasteiger partial charge in [0.15, 0.2) is 17.1 Å². The van der Waals surface area contributed by atoms with E-state index in [-0.39, 0.29) is 11.9 Å². The Balaban J connectivity index is 1.71. The molecule has 0 aromatic heterocycles. The van der Waals surface area contributed by atoms with Crippen LogP contribution in [0.1, 0.15) is 31.2 Å². The highest BCUT2D eigenvalue weighted by Gasteiger charge is 2.43. The van der Waals surface area contributed by atoms with Crippen LogP contribution in [0.15, 0.2) is 18.2 Å². The van der Waals surface area contributed by atoms with Crippen LogP contribution < -0.4 is 15.2 Å². The summed E-state index contributed by atoms with van der Waals surface area (Å²) < 4.78 is 10.8. The Hall–Kier alpha value is -1.83. The van der Waals surface area contributed by atoms with E-state index in [4.69, 9.17) is 15.2 Å². The molecule has 2 saturated heterocycles. The van der Waals surface area contributed by atoms with Gasteiger partial charge in [0.05, 0.1) is 14.2 Å². The van der Waals surface area contributed by atoms with Gasteiger partial charge < -0.3 is 25.2 Å². The van der Waals surface area contributed by atoms with E-state index in [0.29, 0.717) is 37.6 Å². The molecule has 0 aliphatic carbocycles. The minimum atomic E-state index is -1.33. The SMILES string of the molecule is COc1cccc(CN2CCC[C@](O)(CN3CCC(N)CC3)C2=O)c1OC. The van der Waals surface area contributed by atoms with E-state index >= 15 is 0 Å². The lowest BCUT2D eigenvalue weighted by Crippen LogP contribution is -2.59. The van der Waals surface area contributed by atoms with E-state index in [1.165, 1.54) is 0 Å². The lowest BCUT2D eigenvalue weighted by atomic mass is 9.90.